The first-order valence-corrected chi connectivity index (χ1v) is 13.9. The van der Waals surface area contributed by atoms with Crippen molar-refractivity contribution < 1.29 is 19.0 Å². The number of nitrogens with zero attached hydrogens (tertiary/aromatic N) is 6. The number of carbonyl (C=O) groups is 1. The van der Waals surface area contributed by atoms with Gasteiger partial charge in [0.15, 0.2) is 6.23 Å². The van der Waals surface area contributed by atoms with Crippen LogP contribution in [0.1, 0.15) is 49.4 Å². The van der Waals surface area contributed by atoms with Gasteiger partial charge in [-0.05, 0) is 55.7 Å². The minimum Gasteiger partial charge on any atom is -0.443 e. The molecule has 218 valence electrons. The number of imidazole rings is 1. The molecule has 1 aromatic carbocycles. The third kappa shape index (κ3) is 6.09. The third-order valence-corrected chi connectivity index (χ3v) is 6.97. The van der Waals surface area contributed by atoms with Crippen LogP contribution in [0.25, 0.3) is 22.9 Å². The molecule has 1 atom stereocenters. The molecule has 5 heterocycles. The average Bonchev–Trinajstić information content (AvgIpc) is 3.38. The molecule has 10 heteroatoms. The second-order valence-corrected chi connectivity index (χ2v) is 11.4. The van der Waals surface area contributed by atoms with Gasteiger partial charge in [-0.3, -0.25) is 9.88 Å². The molecule has 1 unspecified atom stereocenters. The van der Waals surface area contributed by atoms with Crippen LogP contribution in [-0.4, -0.2) is 41.1 Å². The molecule has 1 amide bonds. The number of benzene rings is 1. The van der Waals surface area contributed by atoms with Crippen LogP contribution in [0.3, 0.4) is 0 Å². The van der Waals surface area contributed by atoms with E-state index in [-0.39, 0.29) is 12.4 Å². The van der Waals surface area contributed by atoms with Gasteiger partial charge >= 0.3 is 6.09 Å². The molecule has 0 saturated carbocycles. The number of carbonyl (C=O) groups excluding carboxylic acids is 1. The molecule has 5 aromatic rings. The Balaban J connectivity index is 1.23. The summed E-state index contributed by atoms with van der Waals surface area (Å²) in [5, 5.41) is 11.3. The second kappa shape index (κ2) is 11.3. The fourth-order valence-electron chi connectivity index (χ4n) is 5.02. The second-order valence-electron chi connectivity index (χ2n) is 11.4. The fraction of sp³-hybridized carbons (Fsp3) is 0.212. The molecule has 1 aliphatic rings. The third-order valence-electron chi connectivity index (χ3n) is 6.97. The van der Waals surface area contributed by atoms with E-state index in [0.29, 0.717) is 12.2 Å². The molecule has 6 rings (SSSR count). The number of hydrogen-bond donors (Lipinski definition) is 1. The van der Waals surface area contributed by atoms with E-state index < -0.39 is 23.7 Å². The molecule has 0 spiro atoms. The van der Waals surface area contributed by atoms with Crippen LogP contribution in [0.4, 0.5) is 15.0 Å². The number of aliphatic hydroxyl groups excluding tert-OH is 1. The zero-order valence-corrected chi connectivity index (χ0v) is 24.1. The number of anilines is 1. The van der Waals surface area contributed by atoms with E-state index in [0.717, 1.165) is 33.5 Å². The van der Waals surface area contributed by atoms with E-state index in [9.17, 15) is 14.3 Å². The van der Waals surface area contributed by atoms with E-state index in [1.165, 1.54) is 23.2 Å². The Hall–Kier alpha value is -5.09. The largest absolute Gasteiger partial charge is 0.443 e. The minimum absolute atomic E-state index is 0.107. The summed E-state index contributed by atoms with van der Waals surface area (Å²) < 4.78 is 21.5. The number of halogens is 1. The van der Waals surface area contributed by atoms with Crippen molar-refractivity contribution in [2.75, 3.05) is 4.90 Å². The van der Waals surface area contributed by atoms with Gasteiger partial charge < -0.3 is 19.1 Å². The number of ether oxygens (including phenoxy) is 1. The quantitative estimate of drug-likeness (QED) is 0.251. The number of fused-ring (bicyclic) bond motifs is 2. The molecule has 43 heavy (non-hydrogen) atoms. The lowest BCUT2D eigenvalue weighted by atomic mass is 9.95. The van der Waals surface area contributed by atoms with Crippen LogP contribution in [0, 0.1) is 5.82 Å². The summed E-state index contributed by atoms with van der Waals surface area (Å²) in [6, 6.07) is 16.1. The maximum Gasteiger partial charge on any atom is 0.416 e. The fourth-order valence-corrected chi connectivity index (χ4v) is 5.02. The van der Waals surface area contributed by atoms with Crippen molar-refractivity contribution in [3.05, 3.63) is 120 Å². The number of aromatic nitrogens is 4. The van der Waals surface area contributed by atoms with E-state index in [4.69, 9.17) is 9.72 Å². The van der Waals surface area contributed by atoms with Crippen molar-refractivity contribution >= 4 is 23.6 Å². The van der Waals surface area contributed by atoms with Gasteiger partial charge in [-0.25, -0.2) is 19.2 Å². The van der Waals surface area contributed by atoms with Gasteiger partial charge in [0.25, 0.3) is 0 Å². The first kappa shape index (κ1) is 28.0. The first-order valence-electron chi connectivity index (χ1n) is 13.9. The molecular weight excluding hydrogens is 547 g/mol. The van der Waals surface area contributed by atoms with Gasteiger partial charge in [0.05, 0.1) is 18.8 Å². The minimum atomic E-state index is -0.891. The molecule has 0 fully saturated rings. The van der Waals surface area contributed by atoms with E-state index >= 15 is 0 Å². The maximum atomic E-state index is 14.0. The van der Waals surface area contributed by atoms with Crippen molar-refractivity contribution in [3.63, 3.8) is 0 Å². The summed E-state index contributed by atoms with van der Waals surface area (Å²) in [7, 11) is 0. The van der Waals surface area contributed by atoms with Crippen molar-refractivity contribution in [1.82, 2.24) is 24.3 Å². The molecule has 0 bridgehead atoms. The summed E-state index contributed by atoms with van der Waals surface area (Å²) in [5.41, 5.74) is 5.13. The van der Waals surface area contributed by atoms with Crippen molar-refractivity contribution in [3.8, 4) is 11.1 Å². The first-order chi connectivity index (χ1) is 20.6. The predicted molar refractivity (Wildman–Crippen MR) is 161 cm³/mol. The number of aliphatic hydroxyl groups is 1. The summed E-state index contributed by atoms with van der Waals surface area (Å²) in [4.78, 5) is 29.5. The van der Waals surface area contributed by atoms with E-state index in [1.807, 2.05) is 77.7 Å². The molecule has 0 saturated heterocycles. The van der Waals surface area contributed by atoms with Gasteiger partial charge in [-0.15, -0.1) is 0 Å². The number of rotatable bonds is 6. The van der Waals surface area contributed by atoms with Crippen LogP contribution in [0.2, 0.25) is 0 Å². The molecule has 0 radical (unpaired) electrons. The van der Waals surface area contributed by atoms with Crippen LogP contribution in [-0.2, 0) is 17.8 Å². The lowest BCUT2D eigenvalue weighted by Gasteiger charge is -2.31. The topological polar surface area (TPSA) is 96.1 Å². The van der Waals surface area contributed by atoms with E-state index in [2.05, 4.69) is 9.97 Å². The normalized spacial score (nSPS) is 14.5. The number of hydrogen-bond acceptors (Lipinski definition) is 7. The van der Waals surface area contributed by atoms with Crippen molar-refractivity contribution in [2.45, 2.75) is 45.7 Å². The Labute approximate surface area is 248 Å². The van der Waals surface area contributed by atoms with Crippen LogP contribution in [0.5, 0.6) is 0 Å². The summed E-state index contributed by atoms with van der Waals surface area (Å²) in [6.07, 6.45) is 10.9. The van der Waals surface area contributed by atoms with Gasteiger partial charge in [0.1, 0.15) is 22.9 Å². The van der Waals surface area contributed by atoms with Crippen LogP contribution < -0.4 is 4.90 Å². The Morgan fingerprint density at radius 1 is 1.09 bits per heavy atom. The maximum absolute atomic E-state index is 14.0. The van der Waals surface area contributed by atoms with Crippen LogP contribution in [0.15, 0.2) is 91.8 Å². The predicted octanol–water partition coefficient (Wildman–Crippen LogP) is 6.35. The van der Waals surface area contributed by atoms with Crippen molar-refractivity contribution in [1.29, 1.82) is 0 Å². The van der Waals surface area contributed by atoms with Crippen molar-refractivity contribution in [2.24, 2.45) is 0 Å². The molecule has 4 aromatic heterocycles. The van der Waals surface area contributed by atoms with Crippen LogP contribution >= 0.6 is 0 Å². The Bertz CT molecular complexity index is 1820. The number of pyridine rings is 3. The highest BCUT2D eigenvalue weighted by atomic mass is 19.1. The van der Waals surface area contributed by atoms with Gasteiger partial charge in [0, 0.05) is 54.4 Å². The zero-order valence-electron chi connectivity index (χ0n) is 24.1. The SMILES string of the molecule is CC(C)(C)OC(=O)N(Cc1ccc2nc(CN3C=Cc4c(-c5ccccc5)cncc4C3O)cn2c1)c1cc(F)ccn1. The highest BCUT2D eigenvalue weighted by Gasteiger charge is 2.26. The molecule has 0 aliphatic carbocycles. The Morgan fingerprint density at radius 3 is 2.67 bits per heavy atom. The lowest BCUT2D eigenvalue weighted by molar-refractivity contribution is 0.0287. The Morgan fingerprint density at radius 2 is 1.91 bits per heavy atom. The molecule has 9 nitrogen and oxygen atoms in total. The standard InChI is InChI=1S/C33H31FN6O3/c1-33(2,3)43-32(42)40(30-15-24(34)11-13-36-30)19-22-9-10-29-37-25(21-39(29)18-22)20-38-14-12-26-27(23-7-5-4-6-8-23)16-35-17-28(26)31(38)41/h4-18,21,31,41H,19-20H2,1-3H3. The lowest BCUT2D eigenvalue weighted by Crippen LogP contribution is -2.37. The average molecular weight is 579 g/mol. The molecule has 1 aliphatic heterocycles. The highest BCUT2D eigenvalue weighted by Crippen LogP contribution is 2.35. The summed E-state index contributed by atoms with van der Waals surface area (Å²) in [5.74, 6) is -0.353. The Kier molecular flexibility index (Phi) is 7.37. The van der Waals surface area contributed by atoms with E-state index in [1.54, 1.807) is 31.9 Å². The molecular formula is C33H31FN6O3. The zero-order chi connectivity index (χ0) is 30.1. The summed E-state index contributed by atoms with van der Waals surface area (Å²) >= 11 is 0. The summed E-state index contributed by atoms with van der Waals surface area (Å²) in [6.45, 7) is 5.78. The molecule has 1 N–H and O–H groups in total. The van der Waals surface area contributed by atoms with Gasteiger partial charge in [-0.2, -0.15) is 0 Å². The monoisotopic (exact) mass is 578 g/mol. The van der Waals surface area contributed by atoms with Gasteiger partial charge in [-0.1, -0.05) is 36.4 Å². The smallest absolute Gasteiger partial charge is 0.416 e. The number of amides is 1. The van der Waals surface area contributed by atoms with Gasteiger partial charge in [0.2, 0.25) is 0 Å². The highest BCUT2D eigenvalue weighted by molar-refractivity contribution is 5.86.